The Morgan fingerprint density at radius 2 is 2.09 bits per heavy atom. The van der Waals surface area contributed by atoms with Crippen molar-refractivity contribution in [2.75, 3.05) is 13.7 Å². The smallest absolute Gasteiger partial charge is 0.349 e. The van der Waals surface area contributed by atoms with E-state index in [9.17, 15) is 9.90 Å². The molecule has 5 rings (SSSR count). The molecule has 0 unspecified atom stereocenters. The van der Waals surface area contributed by atoms with Gasteiger partial charge in [0.1, 0.15) is 5.75 Å². The number of carboxylic acid groups (broad SMARTS) is 1. The summed E-state index contributed by atoms with van der Waals surface area (Å²) in [5.74, 6) is 0.00427. The number of allylic oxidation sites excluding steroid dienone is 1. The van der Waals surface area contributed by atoms with Gasteiger partial charge in [-0.1, -0.05) is 12.6 Å². The number of pyridine rings is 2. The number of rotatable bonds is 7. The summed E-state index contributed by atoms with van der Waals surface area (Å²) in [6, 6.07) is 11.6. The first kappa shape index (κ1) is 22.8. The lowest BCUT2D eigenvalue weighted by Crippen LogP contribution is -2.17. The fourth-order valence-electron chi connectivity index (χ4n) is 4.86. The average molecular weight is 471 g/mol. The van der Waals surface area contributed by atoms with Crippen LogP contribution < -0.4 is 4.74 Å². The Hall–Kier alpha value is -3.97. The zero-order valence-electron chi connectivity index (χ0n) is 19.9. The molecule has 1 atom stereocenters. The van der Waals surface area contributed by atoms with Gasteiger partial charge in [0, 0.05) is 47.2 Å². The monoisotopic (exact) mass is 470 g/mol. The van der Waals surface area contributed by atoms with Crippen molar-refractivity contribution in [3.05, 3.63) is 77.3 Å². The lowest BCUT2D eigenvalue weighted by Gasteiger charge is -2.24. The Labute approximate surface area is 203 Å². The molecule has 1 aliphatic heterocycles. The Balaban J connectivity index is 1.90. The molecule has 2 aromatic carbocycles. The summed E-state index contributed by atoms with van der Waals surface area (Å²) in [5.41, 5.74) is 6.28. The number of carboxylic acids is 1. The summed E-state index contributed by atoms with van der Waals surface area (Å²) in [5, 5.41) is 11.9. The molecule has 35 heavy (non-hydrogen) atoms. The molecule has 1 N–H and O–H groups in total. The van der Waals surface area contributed by atoms with E-state index in [2.05, 4.69) is 6.58 Å². The van der Waals surface area contributed by atoms with Crippen LogP contribution in [0, 0.1) is 6.92 Å². The zero-order valence-corrected chi connectivity index (χ0v) is 19.9. The van der Waals surface area contributed by atoms with E-state index in [4.69, 9.17) is 24.2 Å². The van der Waals surface area contributed by atoms with Crippen LogP contribution in [0.4, 0.5) is 0 Å². The van der Waals surface area contributed by atoms with Crippen molar-refractivity contribution < 1.29 is 24.1 Å². The summed E-state index contributed by atoms with van der Waals surface area (Å²) in [7, 11) is 1.63. The van der Waals surface area contributed by atoms with Crippen LogP contribution in [0.2, 0.25) is 0 Å². The summed E-state index contributed by atoms with van der Waals surface area (Å²) >= 11 is 0. The first-order valence-corrected chi connectivity index (χ1v) is 11.4. The Morgan fingerprint density at radius 1 is 1.26 bits per heavy atom. The standard InChI is InChI=1S/C28H26N2O5/c1-15(2)35-27(28(31)32)23-16(3)13-21-19(6-5-18(30-21)14-33-4)25(23)20-7-8-22-24-17(10-12-34-22)9-11-29-26(20)24/h5-9,11,13,27H,1,10,12,14H2,2-4H3,(H,31,32)/t27-/m0/s1. The number of carbonyl (C=O) groups is 1. The first-order valence-electron chi connectivity index (χ1n) is 11.4. The third-order valence-electron chi connectivity index (χ3n) is 6.24. The van der Waals surface area contributed by atoms with E-state index in [0.717, 1.165) is 61.9 Å². The minimum absolute atomic E-state index is 0.319. The maximum absolute atomic E-state index is 12.4. The number of aliphatic carboxylic acids is 1. The van der Waals surface area contributed by atoms with Crippen molar-refractivity contribution in [2.24, 2.45) is 0 Å². The molecule has 4 aromatic rings. The van der Waals surface area contributed by atoms with Gasteiger partial charge in [0.2, 0.25) is 6.10 Å². The molecule has 3 heterocycles. The van der Waals surface area contributed by atoms with E-state index in [1.807, 2.05) is 43.3 Å². The van der Waals surface area contributed by atoms with Gasteiger partial charge >= 0.3 is 5.97 Å². The second kappa shape index (κ2) is 9.00. The van der Waals surface area contributed by atoms with E-state index in [0.29, 0.717) is 24.5 Å². The summed E-state index contributed by atoms with van der Waals surface area (Å²) < 4.78 is 16.9. The molecule has 0 bridgehead atoms. The van der Waals surface area contributed by atoms with Crippen LogP contribution in [0.15, 0.2) is 54.9 Å². The zero-order chi connectivity index (χ0) is 24.7. The number of hydrogen-bond acceptors (Lipinski definition) is 6. The van der Waals surface area contributed by atoms with Gasteiger partial charge in [0.25, 0.3) is 0 Å². The molecule has 0 spiro atoms. The number of hydrogen-bond donors (Lipinski definition) is 1. The highest BCUT2D eigenvalue weighted by Crippen LogP contribution is 2.44. The number of aromatic nitrogens is 2. The number of ether oxygens (including phenoxy) is 3. The SMILES string of the molecule is C=C(C)O[C@H](C(=O)O)c1c(C)cc2nc(COC)ccc2c1-c1ccc2c3c(ccnc13)CCO2. The molecular weight excluding hydrogens is 444 g/mol. The van der Waals surface area contributed by atoms with Crippen molar-refractivity contribution in [3.63, 3.8) is 0 Å². The summed E-state index contributed by atoms with van der Waals surface area (Å²) in [6.07, 6.45) is 1.34. The van der Waals surface area contributed by atoms with E-state index >= 15 is 0 Å². The van der Waals surface area contributed by atoms with Crippen molar-refractivity contribution in [3.8, 4) is 16.9 Å². The van der Waals surface area contributed by atoms with Crippen molar-refractivity contribution in [1.29, 1.82) is 0 Å². The van der Waals surface area contributed by atoms with Crippen molar-refractivity contribution >= 4 is 27.8 Å². The fraction of sp³-hybridized carbons (Fsp3) is 0.250. The quantitative estimate of drug-likeness (QED) is 0.356. The number of fused-ring (bicyclic) bond motifs is 1. The molecule has 0 fully saturated rings. The second-order valence-electron chi connectivity index (χ2n) is 8.73. The molecule has 178 valence electrons. The minimum Gasteiger partial charge on any atom is -0.493 e. The molecule has 0 amide bonds. The van der Waals surface area contributed by atoms with Gasteiger partial charge in [0.15, 0.2) is 0 Å². The van der Waals surface area contributed by atoms with Gasteiger partial charge in [-0.15, -0.1) is 0 Å². The van der Waals surface area contributed by atoms with Crippen LogP contribution >= 0.6 is 0 Å². The maximum Gasteiger partial charge on any atom is 0.349 e. The van der Waals surface area contributed by atoms with E-state index in [-0.39, 0.29) is 0 Å². The summed E-state index contributed by atoms with van der Waals surface area (Å²) in [6.45, 7) is 8.29. The van der Waals surface area contributed by atoms with Crippen LogP contribution in [0.5, 0.6) is 5.75 Å². The normalized spacial score (nSPS) is 13.5. The molecule has 1 aliphatic rings. The third-order valence-corrected chi connectivity index (χ3v) is 6.24. The first-order chi connectivity index (χ1) is 16.9. The Morgan fingerprint density at radius 3 is 2.83 bits per heavy atom. The van der Waals surface area contributed by atoms with Crippen LogP contribution in [0.3, 0.4) is 0 Å². The maximum atomic E-state index is 12.4. The van der Waals surface area contributed by atoms with Crippen molar-refractivity contribution in [2.45, 2.75) is 33.0 Å². The van der Waals surface area contributed by atoms with Gasteiger partial charge in [0.05, 0.1) is 35.7 Å². The number of aryl methyl sites for hydroxylation is 1. The molecule has 2 aromatic heterocycles. The van der Waals surface area contributed by atoms with Crippen LogP contribution in [0.1, 0.15) is 35.4 Å². The molecular formula is C28H26N2O5. The molecule has 7 nitrogen and oxygen atoms in total. The third kappa shape index (κ3) is 3.98. The predicted molar refractivity (Wildman–Crippen MR) is 133 cm³/mol. The van der Waals surface area contributed by atoms with Gasteiger partial charge in [-0.2, -0.15) is 0 Å². The highest BCUT2D eigenvalue weighted by atomic mass is 16.5. The van der Waals surface area contributed by atoms with Crippen molar-refractivity contribution in [1.82, 2.24) is 9.97 Å². The number of nitrogens with zero attached hydrogens (tertiary/aromatic N) is 2. The van der Waals surface area contributed by atoms with Crippen LogP contribution in [-0.2, 0) is 27.3 Å². The van der Waals surface area contributed by atoms with Gasteiger partial charge in [-0.25, -0.2) is 4.79 Å². The van der Waals surface area contributed by atoms with E-state index < -0.39 is 12.1 Å². The predicted octanol–water partition coefficient (Wildman–Crippen LogP) is 5.52. The Bertz CT molecular complexity index is 1480. The highest BCUT2D eigenvalue weighted by molar-refractivity contribution is 6.08. The van der Waals surface area contributed by atoms with E-state index in [1.165, 1.54) is 0 Å². The minimum atomic E-state index is -1.24. The molecule has 0 radical (unpaired) electrons. The lowest BCUT2D eigenvalue weighted by molar-refractivity contribution is -0.148. The average Bonchev–Trinajstić information content (AvgIpc) is 2.83. The highest BCUT2D eigenvalue weighted by Gasteiger charge is 2.30. The van der Waals surface area contributed by atoms with E-state index in [1.54, 1.807) is 20.2 Å². The fourth-order valence-corrected chi connectivity index (χ4v) is 4.86. The van der Waals surface area contributed by atoms with Crippen LogP contribution in [-0.4, -0.2) is 34.8 Å². The largest absolute Gasteiger partial charge is 0.493 e. The van der Waals surface area contributed by atoms with Gasteiger partial charge in [-0.3, -0.25) is 9.97 Å². The lowest BCUT2D eigenvalue weighted by atomic mass is 9.86. The molecule has 0 aliphatic carbocycles. The van der Waals surface area contributed by atoms with Crippen LogP contribution in [0.25, 0.3) is 32.9 Å². The van der Waals surface area contributed by atoms with Gasteiger partial charge < -0.3 is 19.3 Å². The molecule has 0 saturated heterocycles. The topological polar surface area (TPSA) is 90.8 Å². The summed E-state index contributed by atoms with van der Waals surface area (Å²) in [4.78, 5) is 21.9. The number of methoxy groups -OCH3 is 1. The Kier molecular flexibility index (Phi) is 5.86. The molecule has 0 saturated carbocycles. The van der Waals surface area contributed by atoms with Gasteiger partial charge in [-0.05, 0) is 55.3 Å². The molecule has 7 heteroatoms. The second-order valence-corrected chi connectivity index (χ2v) is 8.73. The number of benzene rings is 2.